The van der Waals surface area contributed by atoms with Crippen molar-refractivity contribution in [3.05, 3.63) is 64.6 Å². The molecule has 3 rings (SSSR count). The van der Waals surface area contributed by atoms with Crippen molar-refractivity contribution in [2.75, 3.05) is 18.1 Å². The SMILES string of the molecule is CCOC(=O)C1CN(Cc2ccccc2)C(=O)N1c1ccc(Br)cc1. The number of urea groups is 1. The van der Waals surface area contributed by atoms with Crippen molar-refractivity contribution < 1.29 is 14.3 Å². The smallest absolute Gasteiger partial charge is 0.331 e. The summed E-state index contributed by atoms with van der Waals surface area (Å²) in [5.74, 6) is -0.380. The van der Waals surface area contributed by atoms with Crippen molar-refractivity contribution in [1.29, 1.82) is 0 Å². The molecule has 25 heavy (non-hydrogen) atoms. The van der Waals surface area contributed by atoms with Crippen molar-refractivity contribution >= 4 is 33.6 Å². The van der Waals surface area contributed by atoms with E-state index in [9.17, 15) is 9.59 Å². The van der Waals surface area contributed by atoms with Crippen molar-refractivity contribution in [2.45, 2.75) is 19.5 Å². The Morgan fingerprint density at radius 1 is 1.16 bits per heavy atom. The Hall–Kier alpha value is -2.34. The average Bonchev–Trinajstić information content (AvgIpc) is 2.94. The van der Waals surface area contributed by atoms with E-state index in [4.69, 9.17) is 4.74 Å². The van der Waals surface area contributed by atoms with Gasteiger partial charge in [0, 0.05) is 16.7 Å². The lowest BCUT2D eigenvalue weighted by molar-refractivity contribution is -0.144. The molecular weight excluding hydrogens is 384 g/mol. The molecule has 1 aliphatic rings. The zero-order chi connectivity index (χ0) is 17.8. The van der Waals surface area contributed by atoms with E-state index in [1.807, 2.05) is 54.6 Å². The first-order chi connectivity index (χ1) is 12.1. The summed E-state index contributed by atoms with van der Waals surface area (Å²) in [6, 6.07) is 16.3. The Balaban J connectivity index is 1.88. The lowest BCUT2D eigenvalue weighted by atomic mass is 10.2. The number of amides is 2. The second-order valence-electron chi connectivity index (χ2n) is 5.76. The third-order valence-corrected chi connectivity index (χ3v) is 4.59. The highest BCUT2D eigenvalue weighted by atomic mass is 79.9. The number of rotatable bonds is 5. The number of anilines is 1. The van der Waals surface area contributed by atoms with Crippen LogP contribution in [0.5, 0.6) is 0 Å². The van der Waals surface area contributed by atoms with Crippen LogP contribution in [0.3, 0.4) is 0 Å². The maximum absolute atomic E-state index is 12.9. The summed E-state index contributed by atoms with van der Waals surface area (Å²) < 4.78 is 6.09. The van der Waals surface area contributed by atoms with Crippen LogP contribution >= 0.6 is 15.9 Å². The molecular formula is C19H19BrN2O3. The first-order valence-corrected chi connectivity index (χ1v) is 8.93. The van der Waals surface area contributed by atoms with Gasteiger partial charge in [0.15, 0.2) is 6.04 Å². The minimum absolute atomic E-state index is 0.191. The van der Waals surface area contributed by atoms with E-state index in [0.29, 0.717) is 18.8 Å². The van der Waals surface area contributed by atoms with Gasteiger partial charge in [-0.15, -0.1) is 0 Å². The van der Waals surface area contributed by atoms with E-state index in [1.165, 1.54) is 4.90 Å². The summed E-state index contributed by atoms with van der Waals surface area (Å²) >= 11 is 3.39. The largest absolute Gasteiger partial charge is 0.464 e. The van der Waals surface area contributed by atoms with Gasteiger partial charge >= 0.3 is 12.0 Å². The fraction of sp³-hybridized carbons (Fsp3) is 0.263. The highest BCUT2D eigenvalue weighted by Gasteiger charge is 2.43. The molecule has 1 heterocycles. The zero-order valence-corrected chi connectivity index (χ0v) is 15.5. The lowest BCUT2D eigenvalue weighted by Gasteiger charge is -2.22. The van der Waals surface area contributed by atoms with E-state index in [2.05, 4.69) is 15.9 Å². The summed E-state index contributed by atoms with van der Waals surface area (Å²) in [6.45, 7) is 2.82. The summed E-state index contributed by atoms with van der Waals surface area (Å²) in [7, 11) is 0. The minimum atomic E-state index is -0.641. The Morgan fingerprint density at radius 3 is 2.48 bits per heavy atom. The lowest BCUT2D eigenvalue weighted by Crippen LogP contribution is -2.40. The number of benzene rings is 2. The minimum Gasteiger partial charge on any atom is -0.464 e. The second kappa shape index (κ2) is 7.70. The molecule has 6 heteroatoms. The molecule has 1 saturated heterocycles. The van der Waals surface area contributed by atoms with Crippen LogP contribution in [-0.2, 0) is 16.1 Å². The number of carbonyl (C=O) groups is 2. The monoisotopic (exact) mass is 402 g/mol. The van der Waals surface area contributed by atoms with Gasteiger partial charge in [-0.05, 0) is 36.8 Å². The maximum atomic E-state index is 12.9. The molecule has 1 unspecified atom stereocenters. The number of hydrogen-bond acceptors (Lipinski definition) is 3. The van der Waals surface area contributed by atoms with Crippen LogP contribution in [0.25, 0.3) is 0 Å². The molecule has 1 atom stereocenters. The zero-order valence-electron chi connectivity index (χ0n) is 13.9. The molecule has 0 spiro atoms. The van der Waals surface area contributed by atoms with Crippen LogP contribution in [0, 0.1) is 0 Å². The molecule has 1 fully saturated rings. The quantitative estimate of drug-likeness (QED) is 0.714. The number of carbonyl (C=O) groups excluding carboxylic acids is 2. The van der Waals surface area contributed by atoms with Crippen LogP contribution in [0.15, 0.2) is 59.1 Å². The molecule has 5 nitrogen and oxygen atoms in total. The van der Waals surface area contributed by atoms with Gasteiger partial charge in [0.25, 0.3) is 0 Å². The molecule has 0 aliphatic carbocycles. The third-order valence-electron chi connectivity index (χ3n) is 4.06. The Morgan fingerprint density at radius 2 is 1.84 bits per heavy atom. The predicted octanol–water partition coefficient (Wildman–Crippen LogP) is 3.82. The number of halogens is 1. The van der Waals surface area contributed by atoms with Gasteiger partial charge in [-0.3, -0.25) is 4.90 Å². The van der Waals surface area contributed by atoms with Crippen molar-refractivity contribution in [2.24, 2.45) is 0 Å². The van der Waals surface area contributed by atoms with E-state index >= 15 is 0 Å². The molecule has 1 aliphatic heterocycles. The summed E-state index contributed by atoms with van der Waals surface area (Å²) in [5.41, 5.74) is 1.71. The molecule has 130 valence electrons. The van der Waals surface area contributed by atoms with Gasteiger partial charge in [-0.25, -0.2) is 9.59 Å². The standard InChI is InChI=1S/C19H19BrN2O3/c1-2-25-18(23)17-13-21(12-14-6-4-3-5-7-14)19(24)22(17)16-10-8-15(20)9-11-16/h3-11,17H,2,12-13H2,1H3. The first-order valence-electron chi connectivity index (χ1n) is 8.14. The summed E-state index contributed by atoms with van der Waals surface area (Å²) in [4.78, 5) is 28.5. The molecule has 2 aromatic rings. The van der Waals surface area contributed by atoms with E-state index in [0.717, 1.165) is 10.0 Å². The van der Waals surface area contributed by atoms with Crippen LogP contribution in [0.2, 0.25) is 0 Å². The number of ether oxygens (including phenoxy) is 1. The van der Waals surface area contributed by atoms with E-state index in [-0.39, 0.29) is 18.6 Å². The van der Waals surface area contributed by atoms with Crippen LogP contribution in [0.4, 0.5) is 10.5 Å². The second-order valence-corrected chi connectivity index (χ2v) is 6.68. The van der Waals surface area contributed by atoms with Crippen molar-refractivity contribution in [1.82, 2.24) is 4.90 Å². The van der Waals surface area contributed by atoms with Crippen molar-refractivity contribution in [3.8, 4) is 0 Å². The number of nitrogens with zero attached hydrogens (tertiary/aromatic N) is 2. The van der Waals surface area contributed by atoms with Crippen molar-refractivity contribution in [3.63, 3.8) is 0 Å². The Bertz CT molecular complexity index is 749. The van der Waals surface area contributed by atoms with Gasteiger partial charge in [-0.2, -0.15) is 0 Å². The highest BCUT2D eigenvalue weighted by Crippen LogP contribution is 2.28. The third kappa shape index (κ3) is 3.85. The molecule has 0 aromatic heterocycles. The molecule has 2 aromatic carbocycles. The number of esters is 1. The van der Waals surface area contributed by atoms with Gasteiger partial charge in [0.2, 0.25) is 0 Å². The number of hydrogen-bond donors (Lipinski definition) is 0. The maximum Gasteiger partial charge on any atom is 0.331 e. The van der Waals surface area contributed by atoms with Gasteiger partial charge in [0.1, 0.15) is 0 Å². The van der Waals surface area contributed by atoms with Gasteiger partial charge in [0.05, 0.1) is 13.2 Å². The summed E-state index contributed by atoms with van der Waals surface area (Å²) in [6.07, 6.45) is 0. The topological polar surface area (TPSA) is 49.9 Å². The fourth-order valence-electron chi connectivity index (χ4n) is 2.90. The van der Waals surface area contributed by atoms with E-state index in [1.54, 1.807) is 11.8 Å². The van der Waals surface area contributed by atoms with Gasteiger partial charge < -0.3 is 9.64 Å². The predicted molar refractivity (Wildman–Crippen MR) is 99.3 cm³/mol. The molecule has 0 N–H and O–H groups in total. The molecule has 2 amide bonds. The molecule has 0 bridgehead atoms. The van der Waals surface area contributed by atoms with Crippen LogP contribution in [0.1, 0.15) is 12.5 Å². The van der Waals surface area contributed by atoms with Crippen LogP contribution in [-0.4, -0.2) is 36.1 Å². The normalized spacial score (nSPS) is 17.0. The molecule has 0 saturated carbocycles. The van der Waals surface area contributed by atoms with E-state index < -0.39 is 6.04 Å². The fourth-order valence-corrected chi connectivity index (χ4v) is 3.16. The van der Waals surface area contributed by atoms with Gasteiger partial charge in [-0.1, -0.05) is 46.3 Å². The van der Waals surface area contributed by atoms with Crippen LogP contribution < -0.4 is 4.90 Å². The first kappa shape index (κ1) is 17.5. The average molecular weight is 403 g/mol. The Labute approximate surface area is 155 Å². The highest BCUT2D eigenvalue weighted by molar-refractivity contribution is 9.10. The molecule has 0 radical (unpaired) electrons. The Kier molecular flexibility index (Phi) is 5.38. The summed E-state index contributed by atoms with van der Waals surface area (Å²) in [5, 5.41) is 0.